The predicted octanol–water partition coefficient (Wildman–Crippen LogP) is 2.77. The lowest BCUT2D eigenvalue weighted by molar-refractivity contribution is 0.574. The molecular formula is C15H26N2O2S. The molecule has 0 fully saturated rings. The van der Waals surface area contributed by atoms with Gasteiger partial charge in [0, 0.05) is 18.8 Å². The summed E-state index contributed by atoms with van der Waals surface area (Å²) in [5.74, 6) is 0. The lowest BCUT2D eigenvalue weighted by Crippen LogP contribution is -2.34. The normalized spacial score (nSPS) is 11.8. The van der Waals surface area contributed by atoms with Gasteiger partial charge >= 0.3 is 0 Å². The van der Waals surface area contributed by atoms with E-state index in [2.05, 4.69) is 29.1 Å². The van der Waals surface area contributed by atoms with Crippen molar-refractivity contribution < 1.29 is 8.42 Å². The van der Waals surface area contributed by atoms with Crippen molar-refractivity contribution in [1.29, 1.82) is 0 Å². The number of hydrogen-bond acceptors (Lipinski definition) is 3. The van der Waals surface area contributed by atoms with Gasteiger partial charge in [-0.1, -0.05) is 25.5 Å². The molecule has 1 rings (SSSR count). The van der Waals surface area contributed by atoms with Crippen LogP contribution < -0.4 is 10.0 Å². The molecule has 0 atom stereocenters. The van der Waals surface area contributed by atoms with Crippen LogP contribution in [0.2, 0.25) is 0 Å². The molecule has 0 aliphatic rings. The van der Waals surface area contributed by atoms with Gasteiger partial charge in [-0.2, -0.15) is 0 Å². The van der Waals surface area contributed by atoms with Gasteiger partial charge in [0.15, 0.2) is 0 Å². The standard InChI is InChI=1S/C15H26N2O2S/c1-4-5-6-14-7-9-15(10-8-14)16-11-12-17-20(18,19)13(2)3/h7-10,13,16-17H,4-6,11-12H2,1-3H3. The SMILES string of the molecule is CCCCc1ccc(NCCNS(=O)(=O)C(C)C)cc1. The molecule has 1 aromatic rings. The fourth-order valence-electron chi connectivity index (χ4n) is 1.74. The average molecular weight is 298 g/mol. The predicted molar refractivity (Wildman–Crippen MR) is 85.6 cm³/mol. The summed E-state index contributed by atoms with van der Waals surface area (Å²) in [6.45, 7) is 6.52. The van der Waals surface area contributed by atoms with Crippen LogP contribution in [0.3, 0.4) is 0 Å². The number of anilines is 1. The van der Waals surface area contributed by atoms with Crippen molar-refractivity contribution in [3.05, 3.63) is 29.8 Å². The van der Waals surface area contributed by atoms with Gasteiger partial charge in [-0.25, -0.2) is 13.1 Å². The first kappa shape index (κ1) is 17.0. The van der Waals surface area contributed by atoms with Gasteiger partial charge < -0.3 is 5.32 Å². The zero-order valence-electron chi connectivity index (χ0n) is 12.6. The van der Waals surface area contributed by atoms with Crippen LogP contribution in [0, 0.1) is 0 Å². The largest absolute Gasteiger partial charge is 0.384 e. The van der Waals surface area contributed by atoms with E-state index in [0.717, 1.165) is 12.1 Å². The number of unbranched alkanes of at least 4 members (excludes halogenated alkanes) is 1. The molecule has 0 amide bonds. The van der Waals surface area contributed by atoms with Crippen molar-refractivity contribution in [3.63, 3.8) is 0 Å². The molecule has 0 saturated carbocycles. The number of benzene rings is 1. The summed E-state index contributed by atoms with van der Waals surface area (Å²) in [5, 5.41) is 2.82. The van der Waals surface area contributed by atoms with Crippen LogP contribution in [-0.2, 0) is 16.4 Å². The van der Waals surface area contributed by atoms with E-state index in [0.29, 0.717) is 13.1 Å². The van der Waals surface area contributed by atoms with Crippen LogP contribution in [0.4, 0.5) is 5.69 Å². The molecule has 0 aliphatic heterocycles. The maximum Gasteiger partial charge on any atom is 0.213 e. The van der Waals surface area contributed by atoms with Crippen molar-refractivity contribution in [2.75, 3.05) is 18.4 Å². The first-order valence-corrected chi connectivity index (χ1v) is 8.81. The molecule has 0 radical (unpaired) electrons. The zero-order valence-corrected chi connectivity index (χ0v) is 13.5. The second kappa shape index (κ2) is 8.27. The Kier molecular flexibility index (Phi) is 7.02. The molecule has 0 unspecified atom stereocenters. The average Bonchev–Trinajstić information content (AvgIpc) is 2.42. The van der Waals surface area contributed by atoms with Gasteiger partial charge in [0.2, 0.25) is 10.0 Å². The summed E-state index contributed by atoms with van der Waals surface area (Å²) in [6.07, 6.45) is 3.53. The van der Waals surface area contributed by atoms with Gasteiger partial charge in [0.05, 0.1) is 5.25 Å². The van der Waals surface area contributed by atoms with E-state index in [9.17, 15) is 8.42 Å². The molecule has 0 bridgehead atoms. The highest BCUT2D eigenvalue weighted by Gasteiger charge is 2.13. The maximum atomic E-state index is 11.5. The number of rotatable bonds is 9. The van der Waals surface area contributed by atoms with Crippen molar-refractivity contribution >= 4 is 15.7 Å². The van der Waals surface area contributed by atoms with Gasteiger partial charge in [-0.3, -0.25) is 0 Å². The molecule has 114 valence electrons. The summed E-state index contributed by atoms with van der Waals surface area (Å²) < 4.78 is 25.7. The topological polar surface area (TPSA) is 58.2 Å². The molecular weight excluding hydrogens is 272 g/mol. The van der Waals surface area contributed by atoms with Gasteiger partial charge in [0.25, 0.3) is 0 Å². The molecule has 2 N–H and O–H groups in total. The third-order valence-electron chi connectivity index (χ3n) is 3.15. The summed E-state index contributed by atoms with van der Waals surface area (Å²) >= 11 is 0. The lowest BCUT2D eigenvalue weighted by atomic mass is 10.1. The van der Waals surface area contributed by atoms with E-state index in [1.807, 2.05) is 12.1 Å². The van der Waals surface area contributed by atoms with Crippen LogP contribution in [0.1, 0.15) is 39.2 Å². The second-order valence-electron chi connectivity index (χ2n) is 5.22. The Hall–Kier alpha value is -1.07. The Morgan fingerprint density at radius 1 is 1.10 bits per heavy atom. The Morgan fingerprint density at radius 2 is 1.75 bits per heavy atom. The van der Waals surface area contributed by atoms with Gasteiger partial charge in [0.1, 0.15) is 0 Å². The van der Waals surface area contributed by atoms with Crippen molar-refractivity contribution in [2.45, 2.75) is 45.3 Å². The highest BCUT2D eigenvalue weighted by molar-refractivity contribution is 7.90. The van der Waals surface area contributed by atoms with E-state index < -0.39 is 10.0 Å². The molecule has 0 saturated heterocycles. The lowest BCUT2D eigenvalue weighted by Gasteiger charge is -2.11. The monoisotopic (exact) mass is 298 g/mol. The Balaban J connectivity index is 2.32. The highest BCUT2D eigenvalue weighted by Crippen LogP contribution is 2.11. The summed E-state index contributed by atoms with van der Waals surface area (Å²) in [5.41, 5.74) is 2.37. The highest BCUT2D eigenvalue weighted by atomic mass is 32.2. The molecule has 0 heterocycles. The quantitative estimate of drug-likeness (QED) is 0.689. The van der Waals surface area contributed by atoms with Crippen molar-refractivity contribution in [2.24, 2.45) is 0 Å². The molecule has 20 heavy (non-hydrogen) atoms. The van der Waals surface area contributed by atoms with Gasteiger partial charge in [-0.15, -0.1) is 0 Å². The van der Waals surface area contributed by atoms with E-state index in [-0.39, 0.29) is 5.25 Å². The Bertz CT molecular complexity index is 481. The third-order valence-corrected chi connectivity index (χ3v) is 5.00. The smallest absolute Gasteiger partial charge is 0.213 e. The maximum absolute atomic E-state index is 11.5. The zero-order chi connectivity index (χ0) is 15.0. The summed E-state index contributed by atoms with van der Waals surface area (Å²) in [6, 6.07) is 8.33. The Morgan fingerprint density at radius 3 is 2.30 bits per heavy atom. The number of sulfonamides is 1. The fourth-order valence-corrected chi connectivity index (χ4v) is 2.46. The van der Waals surface area contributed by atoms with E-state index in [4.69, 9.17) is 0 Å². The van der Waals surface area contributed by atoms with E-state index in [1.54, 1.807) is 13.8 Å². The first-order chi connectivity index (χ1) is 9.45. The molecule has 0 spiro atoms. The minimum Gasteiger partial charge on any atom is -0.384 e. The molecule has 1 aromatic carbocycles. The summed E-state index contributed by atoms with van der Waals surface area (Å²) in [7, 11) is -3.16. The van der Waals surface area contributed by atoms with Crippen LogP contribution >= 0.6 is 0 Å². The van der Waals surface area contributed by atoms with E-state index >= 15 is 0 Å². The third kappa shape index (κ3) is 5.92. The van der Waals surface area contributed by atoms with Crippen LogP contribution in [0.15, 0.2) is 24.3 Å². The van der Waals surface area contributed by atoms with Crippen molar-refractivity contribution in [1.82, 2.24) is 4.72 Å². The number of aryl methyl sites for hydroxylation is 1. The Labute approximate surface area is 123 Å². The minimum absolute atomic E-state index is 0.389. The number of hydrogen-bond donors (Lipinski definition) is 2. The summed E-state index contributed by atoms with van der Waals surface area (Å²) in [4.78, 5) is 0. The number of nitrogens with one attached hydrogen (secondary N) is 2. The molecule has 5 heteroatoms. The van der Waals surface area contributed by atoms with Gasteiger partial charge in [-0.05, 0) is 44.4 Å². The van der Waals surface area contributed by atoms with Crippen LogP contribution in [0.25, 0.3) is 0 Å². The minimum atomic E-state index is -3.16. The van der Waals surface area contributed by atoms with Crippen molar-refractivity contribution in [3.8, 4) is 0 Å². The molecule has 0 aliphatic carbocycles. The first-order valence-electron chi connectivity index (χ1n) is 7.27. The van der Waals surface area contributed by atoms with Crippen LogP contribution in [0.5, 0.6) is 0 Å². The second-order valence-corrected chi connectivity index (χ2v) is 7.54. The van der Waals surface area contributed by atoms with Crippen LogP contribution in [-0.4, -0.2) is 26.8 Å². The fraction of sp³-hybridized carbons (Fsp3) is 0.600. The molecule has 4 nitrogen and oxygen atoms in total. The molecule has 0 aromatic heterocycles. The van der Waals surface area contributed by atoms with E-state index in [1.165, 1.54) is 18.4 Å².